The largest absolute Gasteiger partial charge is 0.475 e. The van der Waals surface area contributed by atoms with Crippen molar-refractivity contribution in [2.24, 2.45) is 0 Å². The smallest absolute Gasteiger partial charge is 0.371 e. The third-order valence-corrected chi connectivity index (χ3v) is 3.94. The highest BCUT2D eigenvalue weighted by Crippen LogP contribution is 2.27. The second-order valence-electron chi connectivity index (χ2n) is 5.87. The van der Waals surface area contributed by atoms with E-state index in [9.17, 15) is 35.1 Å². The van der Waals surface area contributed by atoms with Gasteiger partial charge < -0.3 is 50.2 Å². The Kier molecular flexibility index (Phi) is 6.52. The van der Waals surface area contributed by atoms with Gasteiger partial charge in [-0.05, 0) is 6.08 Å². The van der Waals surface area contributed by atoms with Crippen LogP contribution in [0.3, 0.4) is 0 Å². The number of aliphatic carboxylic acids is 1. The Morgan fingerprint density at radius 1 is 1.23 bits per heavy atom. The fraction of sp³-hybridized carbons (Fsp3) is 0.714. The van der Waals surface area contributed by atoms with E-state index in [0.29, 0.717) is 0 Å². The van der Waals surface area contributed by atoms with Crippen LogP contribution in [0.25, 0.3) is 0 Å². The second-order valence-corrected chi connectivity index (χ2v) is 5.87. The van der Waals surface area contributed by atoms with Crippen LogP contribution >= 0.6 is 0 Å². The van der Waals surface area contributed by atoms with E-state index >= 15 is 0 Å². The third kappa shape index (κ3) is 4.29. The molecule has 1 saturated heterocycles. The first-order chi connectivity index (χ1) is 12.1. The number of aliphatic hydroxyl groups excluding tert-OH is 5. The van der Waals surface area contributed by atoms with Crippen LogP contribution in [-0.4, -0.2) is 98.3 Å². The number of hydrogen-bond donors (Lipinski definition) is 7. The molecule has 148 valence electrons. The summed E-state index contributed by atoms with van der Waals surface area (Å²) < 4.78 is 15.3. The Morgan fingerprint density at radius 3 is 2.42 bits per heavy atom. The van der Waals surface area contributed by atoms with Gasteiger partial charge in [-0.1, -0.05) is 0 Å². The molecule has 0 bridgehead atoms. The lowest BCUT2D eigenvalue weighted by atomic mass is 9.96. The summed E-state index contributed by atoms with van der Waals surface area (Å²) in [5.74, 6) is -2.81. The van der Waals surface area contributed by atoms with Crippen molar-refractivity contribution in [3.8, 4) is 0 Å². The quantitative estimate of drug-likeness (QED) is 0.246. The maximum absolute atomic E-state index is 11.3. The van der Waals surface area contributed by atoms with E-state index in [0.717, 1.165) is 13.0 Å². The van der Waals surface area contributed by atoms with E-state index in [-0.39, 0.29) is 0 Å². The zero-order valence-electron chi connectivity index (χ0n) is 13.6. The molecular weight excluding hydrogens is 358 g/mol. The Morgan fingerprint density at radius 2 is 1.88 bits per heavy atom. The van der Waals surface area contributed by atoms with Gasteiger partial charge in [0, 0.05) is 6.92 Å². The summed E-state index contributed by atoms with van der Waals surface area (Å²) in [5, 5.41) is 60.5. The van der Waals surface area contributed by atoms with Crippen molar-refractivity contribution in [3.05, 3.63) is 11.8 Å². The van der Waals surface area contributed by atoms with E-state index in [1.54, 1.807) is 0 Å². The summed E-state index contributed by atoms with van der Waals surface area (Å²) in [5.41, 5.74) is 0. The molecule has 7 N–H and O–H groups in total. The molecule has 26 heavy (non-hydrogen) atoms. The topological polar surface area (TPSA) is 195 Å². The number of aliphatic hydroxyl groups is 5. The van der Waals surface area contributed by atoms with Crippen LogP contribution in [0, 0.1) is 0 Å². The van der Waals surface area contributed by atoms with Gasteiger partial charge in [0.25, 0.3) is 0 Å². The average Bonchev–Trinajstić information content (AvgIpc) is 2.56. The zero-order valence-corrected chi connectivity index (χ0v) is 13.6. The fourth-order valence-corrected chi connectivity index (χ4v) is 2.67. The van der Waals surface area contributed by atoms with E-state index in [2.05, 4.69) is 5.32 Å². The Hall–Kier alpha value is -1.80. The molecule has 1 fully saturated rings. The SMILES string of the molecule is CC(=O)N[C@H]1[C@@H](O[C@@H]2OC(C(=O)O)=C[C@@H](O)[C@H]2O)[C@@H](O)[C@@H](CO)O[C@H]1O. The number of amides is 1. The van der Waals surface area contributed by atoms with Crippen LogP contribution in [0.2, 0.25) is 0 Å². The standard InChI is InChI=1S/C14H21NO11/c1-4(17)15-8-11(10(20)7(3-16)24-13(8)23)26-14-9(19)5(18)2-6(25-14)12(21)22/h2,5,7-11,13-14,16,18-20,23H,3H2,1H3,(H,15,17)(H,21,22)/t5-,7-,8+,9-,10+,11-,13-,14+/m1/s1. The van der Waals surface area contributed by atoms with Crippen molar-refractivity contribution < 1.29 is 54.4 Å². The molecule has 2 aliphatic rings. The first kappa shape index (κ1) is 20.5. The molecular formula is C14H21NO11. The first-order valence-corrected chi connectivity index (χ1v) is 7.68. The fourth-order valence-electron chi connectivity index (χ4n) is 2.67. The highest BCUT2D eigenvalue weighted by atomic mass is 16.7. The molecule has 12 heteroatoms. The van der Waals surface area contributed by atoms with Crippen molar-refractivity contribution >= 4 is 11.9 Å². The Bertz CT molecular complexity index is 567. The summed E-state index contributed by atoms with van der Waals surface area (Å²) in [6, 6.07) is -1.32. The van der Waals surface area contributed by atoms with E-state index in [1.165, 1.54) is 0 Å². The van der Waals surface area contributed by atoms with Gasteiger partial charge in [-0.15, -0.1) is 0 Å². The molecule has 0 radical (unpaired) electrons. The van der Waals surface area contributed by atoms with Crippen LogP contribution in [0.1, 0.15) is 6.92 Å². The van der Waals surface area contributed by atoms with Gasteiger partial charge in [-0.3, -0.25) is 4.79 Å². The van der Waals surface area contributed by atoms with Crippen LogP contribution < -0.4 is 5.32 Å². The molecule has 0 aromatic rings. The predicted molar refractivity (Wildman–Crippen MR) is 79.1 cm³/mol. The van der Waals surface area contributed by atoms with Crippen molar-refractivity contribution in [3.63, 3.8) is 0 Å². The minimum Gasteiger partial charge on any atom is -0.475 e. The molecule has 2 rings (SSSR count). The lowest BCUT2D eigenvalue weighted by Crippen LogP contribution is -2.66. The molecule has 12 nitrogen and oxygen atoms in total. The molecule has 0 aromatic carbocycles. The average molecular weight is 379 g/mol. The van der Waals surface area contributed by atoms with Crippen molar-refractivity contribution in [1.82, 2.24) is 5.32 Å². The number of hydrogen-bond acceptors (Lipinski definition) is 10. The number of rotatable bonds is 5. The molecule has 0 aromatic heterocycles. The van der Waals surface area contributed by atoms with Gasteiger partial charge in [0.15, 0.2) is 6.29 Å². The van der Waals surface area contributed by atoms with E-state index < -0.39 is 73.4 Å². The lowest BCUT2D eigenvalue weighted by Gasteiger charge is -2.44. The second kappa shape index (κ2) is 8.26. The molecule has 1 amide bonds. The summed E-state index contributed by atoms with van der Waals surface area (Å²) in [4.78, 5) is 22.4. The number of carboxylic acid groups (broad SMARTS) is 1. The minimum atomic E-state index is -1.73. The van der Waals surface area contributed by atoms with Crippen LogP contribution in [-0.2, 0) is 23.8 Å². The summed E-state index contributed by atoms with van der Waals surface area (Å²) in [7, 11) is 0. The van der Waals surface area contributed by atoms with Gasteiger partial charge in [-0.25, -0.2) is 4.79 Å². The summed E-state index contributed by atoms with van der Waals surface area (Å²) in [6.45, 7) is 0.442. The van der Waals surface area contributed by atoms with Gasteiger partial charge in [-0.2, -0.15) is 0 Å². The molecule has 2 heterocycles. The molecule has 0 saturated carbocycles. The summed E-state index contributed by atoms with van der Waals surface area (Å²) in [6.07, 6.45) is -10.3. The number of nitrogens with one attached hydrogen (secondary N) is 1. The van der Waals surface area contributed by atoms with Gasteiger partial charge in [0.05, 0.1) is 6.61 Å². The number of carboxylic acids is 1. The number of ether oxygens (including phenoxy) is 3. The number of carbonyl (C=O) groups excluding carboxylic acids is 1. The minimum absolute atomic E-state index is 0.600. The van der Waals surface area contributed by atoms with Crippen molar-refractivity contribution in [1.29, 1.82) is 0 Å². The monoisotopic (exact) mass is 379 g/mol. The molecule has 2 aliphatic heterocycles. The predicted octanol–water partition coefficient (Wildman–Crippen LogP) is -4.01. The highest BCUT2D eigenvalue weighted by Gasteiger charge is 2.49. The van der Waals surface area contributed by atoms with E-state index in [4.69, 9.17) is 19.3 Å². The molecule has 8 atom stereocenters. The summed E-state index contributed by atoms with van der Waals surface area (Å²) >= 11 is 0. The van der Waals surface area contributed by atoms with Crippen molar-refractivity contribution in [2.75, 3.05) is 6.61 Å². The van der Waals surface area contributed by atoms with Gasteiger partial charge in [0.1, 0.15) is 36.6 Å². The van der Waals surface area contributed by atoms with Gasteiger partial charge >= 0.3 is 5.97 Å². The van der Waals surface area contributed by atoms with E-state index in [1.807, 2.05) is 0 Å². The lowest BCUT2D eigenvalue weighted by molar-refractivity contribution is -0.302. The normalized spacial score (nSPS) is 40.3. The van der Waals surface area contributed by atoms with Crippen molar-refractivity contribution in [2.45, 2.75) is 56.1 Å². The third-order valence-electron chi connectivity index (χ3n) is 3.94. The highest BCUT2D eigenvalue weighted by molar-refractivity contribution is 5.84. The molecule has 0 aliphatic carbocycles. The first-order valence-electron chi connectivity index (χ1n) is 7.68. The van der Waals surface area contributed by atoms with Crippen LogP contribution in [0.15, 0.2) is 11.8 Å². The Labute approximate surface area is 147 Å². The van der Waals surface area contributed by atoms with Crippen LogP contribution in [0.4, 0.5) is 0 Å². The van der Waals surface area contributed by atoms with Crippen LogP contribution in [0.5, 0.6) is 0 Å². The maximum atomic E-state index is 11.3. The molecule has 0 spiro atoms. The Balaban J connectivity index is 2.24. The maximum Gasteiger partial charge on any atom is 0.371 e. The van der Waals surface area contributed by atoms with Gasteiger partial charge in [0.2, 0.25) is 18.0 Å². The molecule has 0 unspecified atom stereocenters. The zero-order chi connectivity index (χ0) is 19.6. The number of carbonyl (C=O) groups is 2.